The summed E-state index contributed by atoms with van der Waals surface area (Å²) in [5, 5.41) is 7.04. The average molecular weight is 450 g/mol. The number of piperidine rings is 1. The molecule has 10 nitrogen and oxygen atoms in total. The van der Waals surface area contributed by atoms with Crippen LogP contribution in [0.25, 0.3) is 11.5 Å². The molecule has 1 fully saturated rings. The Balaban J connectivity index is 1.15. The molecule has 2 aliphatic heterocycles. The lowest BCUT2D eigenvalue weighted by molar-refractivity contribution is -0.135. The molecule has 2 aliphatic rings. The number of aromatic nitrogens is 2. The molecule has 3 heterocycles. The number of rotatable bonds is 5. The smallest absolute Gasteiger partial charge is 0.437 e. The Hall–Kier alpha value is -4.08. The molecule has 1 N–H and O–H groups in total. The van der Waals surface area contributed by atoms with Crippen LogP contribution in [-0.4, -0.2) is 46.4 Å². The second-order valence-electron chi connectivity index (χ2n) is 7.91. The lowest BCUT2D eigenvalue weighted by atomic mass is 9.95. The first kappa shape index (κ1) is 20.8. The van der Waals surface area contributed by atoms with Crippen LogP contribution in [0.1, 0.15) is 12.8 Å². The van der Waals surface area contributed by atoms with Crippen molar-refractivity contribution in [1.82, 2.24) is 14.7 Å². The summed E-state index contributed by atoms with van der Waals surface area (Å²) in [4.78, 5) is 39.1. The number of likely N-dealkylation sites (tertiary alicyclic amines) is 1. The molecule has 33 heavy (non-hydrogen) atoms. The molecule has 0 radical (unpaired) electrons. The quantitative estimate of drug-likeness (QED) is 0.633. The number of benzene rings is 2. The van der Waals surface area contributed by atoms with Crippen LogP contribution in [-0.2, 0) is 16.1 Å². The van der Waals surface area contributed by atoms with Gasteiger partial charge in [0.1, 0.15) is 6.54 Å². The fraction of sp³-hybridized carbons (Fsp3) is 0.304. The van der Waals surface area contributed by atoms with E-state index >= 15 is 0 Å². The van der Waals surface area contributed by atoms with Crippen LogP contribution in [0.2, 0.25) is 0 Å². The van der Waals surface area contributed by atoms with Gasteiger partial charge in [0.15, 0.2) is 11.5 Å². The van der Waals surface area contributed by atoms with Gasteiger partial charge in [0, 0.05) is 36.3 Å². The molecule has 2 aromatic carbocycles. The molecule has 5 rings (SSSR count). The summed E-state index contributed by atoms with van der Waals surface area (Å²) in [5.74, 6) is 0.209. The Morgan fingerprint density at radius 2 is 1.79 bits per heavy atom. The van der Waals surface area contributed by atoms with E-state index in [0.717, 1.165) is 4.68 Å². The summed E-state index contributed by atoms with van der Waals surface area (Å²) in [6.07, 6.45) is 1.07. The van der Waals surface area contributed by atoms with Crippen molar-refractivity contribution in [3.8, 4) is 23.0 Å². The average Bonchev–Trinajstić information content (AvgIpc) is 3.46. The Labute approximate surface area is 188 Å². The van der Waals surface area contributed by atoms with Crippen LogP contribution in [0, 0.1) is 5.92 Å². The monoisotopic (exact) mass is 450 g/mol. The van der Waals surface area contributed by atoms with E-state index in [1.807, 2.05) is 18.2 Å². The van der Waals surface area contributed by atoms with Gasteiger partial charge in [-0.3, -0.25) is 9.59 Å². The SMILES string of the molecule is O=C(Nc1ccc2c(c1)OCO2)C1CCN(C(=O)Cn2nc(-c3ccccc3)oc2=O)CC1. The third kappa shape index (κ3) is 4.45. The minimum atomic E-state index is -0.680. The molecule has 0 bridgehead atoms. The van der Waals surface area contributed by atoms with Gasteiger partial charge < -0.3 is 24.1 Å². The maximum Gasteiger partial charge on any atom is 0.437 e. The minimum Gasteiger partial charge on any atom is -0.454 e. The zero-order valence-corrected chi connectivity index (χ0v) is 17.7. The number of hydrogen-bond donors (Lipinski definition) is 1. The van der Waals surface area contributed by atoms with E-state index in [1.165, 1.54) is 0 Å². The van der Waals surface area contributed by atoms with Gasteiger partial charge >= 0.3 is 5.76 Å². The van der Waals surface area contributed by atoms with E-state index < -0.39 is 5.76 Å². The number of ether oxygens (including phenoxy) is 2. The van der Waals surface area contributed by atoms with Crippen molar-refractivity contribution in [3.05, 3.63) is 59.1 Å². The fourth-order valence-electron chi connectivity index (χ4n) is 3.94. The molecule has 10 heteroatoms. The van der Waals surface area contributed by atoms with Gasteiger partial charge in [-0.15, -0.1) is 5.10 Å². The summed E-state index contributed by atoms with van der Waals surface area (Å²) >= 11 is 0. The van der Waals surface area contributed by atoms with Gasteiger partial charge in [0.05, 0.1) is 0 Å². The van der Waals surface area contributed by atoms with Crippen molar-refractivity contribution >= 4 is 17.5 Å². The summed E-state index contributed by atoms with van der Waals surface area (Å²) in [6.45, 7) is 0.822. The number of anilines is 1. The summed E-state index contributed by atoms with van der Waals surface area (Å²) in [6, 6.07) is 14.3. The van der Waals surface area contributed by atoms with Crippen molar-refractivity contribution in [2.24, 2.45) is 5.92 Å². The van der Waals surface area contributed by atoms with Crippen LogP contribution < -0.4 is 20.5 Å². The molecule has 0 unspecified atom stereocenters. The molecule has 0 spiro atoms. The number of nitrogens with one attached hydrogen (secondary N) is 1. The zero-order valence-electron chi connectivity index (χ0n) is 17.7. The highest BCUT2D eigenvalue weighted by atomic mass is 16.7. The van der Waals surface area contributed by atoms with Gasteiger partial charge in [-0.05, 0) is 37.1 Å². The standard InChI is InChI=1S/C23H22N4O6/c28-20(13-27-23(30)33-22(25-27)16-4-2-1-3-5-16)26-10-8-15(9-11-26)21(29)24-17-6-7-18-19(12-17)32-14-31-18/h1-7,12,15H,8-11,13-14H2,(H,24,29). The molecule has 0 aliphatic carbocycles. The first-order valence-corrected chi connectivity index (χ1v) is 10.7. The Morgan fingerprint density at radius 3 is 2.58 bits per heavy atom. The summed E-state index contributed by atoms with van der Waals surface area (Å²) < 4.78 is 16.8. The van der Waals surface area contributed by atoms with E-state index in [-0.39, 0.29) is 37.0 Å². The number of carbonyl (C=O) groups excluding carboxylic acids is 2. The predicted molar refractivity (Wildman–Crippen MR) is 117 cm³/mol. The van der Waals surface area contributed by atoms with E-state index in [4.69, 9.17) is 13.9 Å². The third-order valence-electron chi connectivity index (χ3n) is 5.77. The van der Waals surface area contributed by atoms with Gasteiger partial charge in [0.2, 0.25) is 24.5 Å². The van der Waals surface area contributed by atoms with Gasteiger partial charge in [-0.25, -0.2) is 4.79 Å². The Bertz CT molecular complexity index is 1230. The van der Waals surface area contributed by atoms with E-state index in [9.17, 15) is 14.4 Å². The molecule has 0 atom stereocenters. The van der Waals surface area contributed by atoms with Crippen LogP contribution in [0.4, 0.5) is 5.69 Å². The summed E-state index contributed by atoms with van der Waals surface area (Å²) in [7, 11) is 0. The molecule has 2 amide bonds. The van der Waals surface area contributed by atoms with Gasteiger partial charge in [-0.1, -0.05) is 18.2 Å². The molecule has 1 saturated heterocycles. The van der Waals surface area contributed by atoms with Crippen molar-refractivity contribution in [2.45, 2.75) is 19.4 Å². The van der Waals surface area contributed by atoms with Crippen LogP contribution >= 0.6 is 0 Å². The molecular formula is C23H22N4O6. The Morgan fingerprint density at radius 1 is 1.03 bits per heavy atom. The van der Waals surface area contributed by atoms with Crippen molar-refractivity contribution in [3.63, 3.8) is 0 Å². The van der Waals surface area contributed by atoms with E-state index in [1.54, 1.807) is 35.2 Å². The number of amides is 2. The molecule has 3 aromatic rings. The number of hydrogen-bond acceptors (Lipinski definition) is 7. The molecule has 1 aromatic heterocycles. The van der Waals surface area contributed by atoms with Gasteiger partial charge in [-0.2, -0.15) is 4.68 Å². The van der Waals surface area contributed by atoms with Crippen LogP contribution in [0.3, 0.4) is 0 Å². The lowest BCUT2D eigenvalue weighted by Crippen LogP contribution is -2.43. The second-order valence-corrected chi connectivity index (χ2v) is 7.91. The maximum absolute atomic E-state index is 12.7. The second kappa shape index (κ2) is 8.81. The Kier molecular flexibility index (Phi) is 5.55. The van der Waals surface area contributed by atoms with Crippen LogP contribution in [0.15, 0.2) is 57.7 Å². The van der Waals surface area contributed by atoms with Crippen molar-refractivity contribution in [2.75, 3.05) is 25.2 Å². The number of carbonyl (C=O) groups is 2. The molecular weight excluding hydrogens is 428 g/mol. The number of fused-ring (bicyclic) bond motifs is 1. The fourth-order valence-corrected chi connectivity index (χ4v) is 3.94. The highest BCUT2D eigenvalue weighted by molar-refractivity contribution is 5.93. The molecule has 170 valence electrons. The van der Waals surface area contributed by atoms with E-state index in [2.05, 4.69) is 10.4 Å². The first-order valence-electron chi connectivity index (χ1n) is 10.7. The normalized spacial score (nSPS) is 15.5. The largest absolute Gasteiger partial charge is 0.454 e. The molecule has 0 saturated carbocycles. The first-order chi connectivity index (χ1) is 16.1. The summed E-state index contributed by atoms with van der Waals surface area (Å²) in [5.41, 5.74) is 1.30. The predicted octanol–water partition coefficient (Wildman–Crippen LogP) is 2.11. The minimum absolute atomic E-state index is 0.0961. The zero-order chi connectivity index (χ0) is 22.8. The van der Waals surface area contributed by atoms with Crippen molar-refractivity contribution in [1.29, 1.82) is 0 Å². The van der Waals surface area contributed by atoms with Gasteiger partial charge in [0.25, 0.3) is 0 Å². The third-order valence-corrected chi connectivity index (χ3v) is 5.77. The van der Waals surface area contributed by atoms with E-state index in [0.29, 0.717) is 48.7 Å². The van der Waals surface area contributed by atoms with Crippen molar-refractivity contribution < 1.29 is 23.5 Å². The highest BCUT2D eigenvalue weighted by Crippen LogP contribution is 2.34. The highest BCUT2D eigenvalue weighted by Gasteiger charge is 2.28. The maximum atomic E-state index is 12.7. The van der Waals surface area contributed by atoms with Crippen LogP contribution in [0.5, 0.6) is 11.5 Å². The lowest BCUT2D eigenvalue weighted by Gasteiger charge is -2.31. The number of nitrogens with zero attached hydrogens (tertiary/aromatic N) is 3. The topological polar surface area (TPSA) is 116 Å².